The van der Waals surface area contributed by atoms with Crippen molar-refractivity contribution in [2.45, 2.75) is 66.0 Å². The Kier molecular flexibility index (Phi) is 4.13. The van der Waals surface area contributed by atoms with Gasteiger partial charge in [-0.2, -0.15) is 0 Å². The Hall–Kier alpha value is -0.410. The Bertz CT molecular complexity index is 347. The average molecular weight is 240 g/mol. The summed E-state index contributed by atoms with van der Waals surface area (Å²) < 4.78 is 0. The third kappa shape index (κ3) is 3.29. The van der Waals surface area contributed by atoms with Crippen molar-refractivity contribution >= 4 is 11.3 Å². The molecule has 0 radical (unpaired) electrons. The van der Waals surface area contributed by atoms with Crippen molar-refractivity contribution in [2.75, 3.05) is 0 Å². The van der Waals surface area contributed by atoms with Gasteiger partial charge in [0.2, 0.25) is 0 Å². The van der Waals surface area contributed by atoms with E-state index < -0.39 is 0 Å². The molecule has 0 saturated carbocycles. The van der Waals surface area contributed by atoms with Crippen LogP contribution in [0.2, 0.25) is 0 Å². The molecule has 0 amide bonds. The largest absolute Gasteiger partial charge is 0.307 e. The van der Waals surface area contributed by atoms with E-state index in [1.165, 1.54) is 15.6 Å². The minimum Gasteiger partial charge on any atom is -0.307 e. The molecule has 92 valence electrons. The molecule has 3 heteroatoms. The van der Waals surface area contributed by atoms with Crippen molar-refractivity contribution in [3.05, 3.63) is 15.6 Å². The Morgan fingerprint density at radius 3 is 2.12 bits per heavy atom. The summed E-state index contributed by atoms with van der Waals surface area (Å²) in [5, 5.41) is 4.77. The van der Waals surface area contributed by atoms with Gasteiger partial charge in [-0.1, -0.05) is 34.6 Å². The molecule has 0 spiro atoms. The predicted molar refractivity (Wildman–Crippen MR) is 72.2 cm³/mol. The van der Waals surface area contributed by atoms with Crippen molar-refractivity contribution in [1.29, 1.82) is 0 Å². The standard InChI is InChI=1S/C13H24N2S/c1-8(2)14-9(3)11-10(4)15-12(16-11)13(5,6)7/h8-9,14H,1-7H3. The van der Waals surface area contributed by atoms with Gasteiger partial charge in [0.1, 0.15) is 0 Å². The van der Waals surface area contributed by atoms with Crippen LogP contribution in [-0.4, -0.2) is 11.0 Å². The number of rotatable bonds is 3. The summed E-state index contributed by atoms with van der Waals surface area (Å²) in [4.78, 5) is 6.06. The van der Waals surface area contributed by atoms with Crippen molar-refractivity contribution in [3.63, 3.8) is 0 Å². The first-order chi connectivity index (χ1) is 7.21. The highest BCUT2D eigenvalue weighted by atomic mass is 32.1. The van der Waals surface area contributed by atoms with Gasteiger partial charge >= 0.3 is 0 Å². The molecule has 0 aromatic carbocycles. The summed E-state index contributed by atoms with van der Waals surface area (Å²) in [6, 6.07) is 0.906. The second-order valence-corrected chi connectivity index (χ2v) is 6.79. The second-order valence-electron chi connectivity index (χ2n) is 5.76. The minimum absolute atomic E-state index is 0.158. The summed E-state index contributed by atoms with van der Waals surface area (Å²) in [7, 11) is 0. The Morgan fingerprint density at radius 2 is 1.75 bits per heavy atom. The molecule has 0 bridgehead atoms. The summed E-state index contributed by atoms with van der Waals surface area (Å²) in [6.07, 6.45) is 0. The van der Waals surface area contributed by atoms with E-state index in [-0.39, 0.29) is 5.41 Å². The molecule has 1 unspecified atom stereocenters. The molecule has 0 aliphatic rings. The van der Waals surface area contributed by atoms with Gasteiger partial charge in [-0.3, -0.25) is 0 Å². The lowest BCUT2D eigenvalue weighted by atomic mass is 9.98. The van der Waals surface area contributed by atoms with Crippen LogP contribution < -0.4 is 5.32 Å². The van der Waals surface area contributed by atoms with Gasteiger partial charge in [-0.05, 0) is 13.8 Å². The van der Waals surface area contributed by atoms with Crippen molar-refractivity contribution in [2.24, 2.45) is 0 Å². The van der Waals surface area contributed by atoms with E-state index in [1.54, 1.807) is 0 Å². The first-order valence-electron chi connectivity index (χ1n) is 5.95. The highest BCUT2D eigenvalue weighted by molar-refractivity contribution is 7.12. The highest BCUT2D eigenvalue weighted by Gasteiger charge is 2.22. The van der Waals surface area contributed by atoms with Crippen LogP contribution in [0.4, 0.5) is 0 Å². The minimum atomic E-state index is 0.158. The Balaban J connectivity index is 2.94. The van der Waals surface area contributed by atoms with E-state index >= 15 is 0 Å². The van der Waals surface area contributed by atoms with Crippen LogP contribution in [0.3, 0.4) is 0 Å². The maximum absolute atomic E-state index is 4.69. The molecule has 1 atom stereocenters. The quantitative estimate of drug-likeness (QED) is 0.869. The topological polar surface area (TPSA) is 24.9 Å². The van der Waals surface area contributed by atoms with Crippen molar-refractivity contribution in [1.82, 2.24) is 10.3 Å². The fourth-order valence-electron chi connectivity index (χ4n) is 1.71. The maximum Gasteiger partial charge on any atom is 0.0985 e. The number of aromatic nitrogens is 1. The number of hydrogen-bond acceptors (Lipinski definition) is 3. The van der Waals surface area contributed by atoms with Crippen LogP contribution in [0.1, 0.15) is 63.2 Å². The van der Waals surface area contributed by atoms with Crippen LogP contribution in [0.15, 0.2) is 0 Å². The zero-order chi connectivity index (χ0) is 12.5. The summed E-state index contributed by atoms with van der Waals surface area (Å²) in [5.74, 6) is 0. The first kappa shape index (κ1) is 13.7. The zero-order valence-electron chi connectivity index (χ0n) is 11.5. The van der Waals surface area contributed by atoms with Gasteiger partial charge in [0.25, 0.3) is 0 Å². The number of thiazole rings is 1. The molecule has 1 heterocycles. The fraction of sp³-hybridized carbons (Fsp3) is 0.769. The smallest absolute Gasteiger partial charge is 0.0985 e. The molecule has 0 aliphatic carbocycles. The molecule has 0 saturated heterocycles. The molecular weight excluding hydrogens is 216 g/mol. The lowest BCUT2D eigenvalue weighted by molar-refractivity contribution is 0.510. The summed E-state index contributed by atoms with van der Waals surface area (Å²) in [5.41, 5.74) is 1.33. The van der Waals surface area contributed by atoms with Gasteiger partial charge in [0.15, 0.2) is 0 Å². The fourth-order valence-corrected chi connectivity index (χ4v) is 2.84. The van der Waals surface area contributed by atoms with Gasteiger partial charge in [0, 0.05) is 22.4 Å². The van der Waals surface area contributed by atoms with E-state index in [4.69, 9.17) is 0 Å². The predicted octanol–water partition coefficient (Wildman–Crippen LogP) is 3.81. The summed E-state index contributed by atoms with van der Waals surface area (Å²) >= 11 is 1.84. The molecule has 1 aromatic rings. The van der Waals surface area contributed by atoms with E-state index in [1.807, 2.05) is 11.3 Å². The van der Waals surface area contributed by atoms with Crippen LogP contribution in [0, 0.1) is 6.92 Å². The van der Waals surface area contributed by atoms with Crippen LogP contribution in [0.5, 0.6) is 0 Å². The van der Waals surface area contributed by atoms with E-state index in [0.29, 0.717) is 12.1 Å². The Morgan fingerprint density at radius 1 is 1.19 bits per heavy atom. The first-order valence-corrected chi connectivity index (χ1v) is 6.77. The number of aryl methyl sites for hydroxylation is 1. The molecule has 16 heavy (non-hydrogen) atoms. The summed E-state index contributed by atoms with van der Waals surface area (Å²) in [6.45, 7) is 15.3. The van der Waals surface area contributed by atoms with E-state index in [2.05, 4.69) is 58.8 Å². The third-order valence-corrected chi connectivity index (χ3v) is 4.22. The van der Waals surface area contributed by atoms with E-state index in [0.717, 1.165) is 0 Å². The lowest BCUT2D eigenvalue weighted by Crippen LogP contribution is -2.25. The molecular formula is C13H24N2S. The van der Waals surface area contributed by atoms with Crippen LogP contribution in [-0.2, 0) is 5.41 Å². The zero-order valence-corrected chi connectivity index (χ0v) is 12.3. The average Bonchev–Trinajstić information content (AvgIpc) is 2.44. The van der Waals surface area contributed by atoms with Gasteiger partial charge in [-0.25, -0.2) is 4.98 Å². The monoisotopic (exact) mass is 240 g/mol. The third-order valence-electron chi connectivity index (χ3n) is 2.45. The molecule has 0 fully saturated rings. The maximum atomic E-state index is 4.69. The molecule has 1 N–H and O–H groups in total. The highest BCUT2D eigenvalue weighted by Crippen LogP contribution is 2.32. The van der Waals surface area contributed by atoms with Crippen molar-refractivity contribution < 1.29 is 0 Å². The number of hydrogen-bond donors (Lipinski definition) is 1. The van der Waals surface area contributed by atoms with Crippen LogP contribution >= 0.6 is 11.3 Å². The van der Waals surface area contributed by atoms with Gasteiger partial charge < -0.3 is 5.32 Å². The molecule has 1 rings (SSSR count). The SMILES string of the molecule is Cc1nc(C(C)(C)C)sc1C(C)NC(C)C. The number of nitrogens with one attached hydrogen (secondary N) is 1. The second kappa shape index (κ2) is 4.84. The molecule has 1 aromatic heterocycles. The van der Waals surface area contributed by atoms with E-state index in [9.17, 15) is 0 Å². The van der Waals surface area contributed by atoms with Crippen molar-refractivity contribution in [3.8, 4) is 0 Å². The van der Waals surface area contributed by atoms with Gasteiger partial charge in [0.05, 0.1) is 10.7 Å². The molecule has 0 aliphatic heterocycles. The Labute approximate surface area is 103 Å². The molecule has 2 nitrogen and oxygen atoms in total. The normalized spacial score (nSPS) is 14.5. The van der Waals surface area contributed by atoms with Gasteiger partial charge in [-0.15, -0.1) is 11.3 Å². The van der Waals surface area contributed by atoms with Crippen LogP contribution in [0.25, 0.3) is 0 Å². The number of nitrogens with zero attached hydrogens (tertiary/aromatic N) is 1. The lowest BCUT2D eigenvalue weighted by Gasteiger charge is -2.16.